The summed E-state index contributed by atoms with van der Waals surface area (Å²) in [5.74, 6) is -0.598. The number of amides is 2. The lowest BCUT2D eigenvalue weighted by atomic mass is 10.0. The number of pyridine rings is 1. The summed E-state index contributed by atoms with van der Waals surface area (Å²) in [5.41, 5.74) is 0.988. The number of hydrogen-bond acceptors (Lipinski definition) is 6. The molecule has 10 heteroatoms. The molecule has 2 aromatic carbocycles. The van der Waals surface area contributed by atoms with Gasteiger partial charge in [-0.3, -0.25) is 19.3 Å². The van der Waals surface area contributed by atoms with Crippen LogP contribution >= 0.6 is 0 Å². The van der Waals surface area contributed by atoms with Gasteiger partial charge >= 0.3 is 0 Å². The van der Waals surface area contributed by atoms with Crippen molar-refractivity contribution in [3.8, 4) is 28.5 Å². The summed E-state index contributed by atoms with van der Waals surface area (Å²) >= 11 is 0. The van der Waals surface area contributed by atoms with E-state index in [1.54, 1.807) is 60.5 Å². The van der Waals surface area contributed by atoms with Gasteiger partial charge in [0, 0.05) is 54.6 Å². The number of benzene rings is 2. The first kappa shape index (κ1) is 24.0. The molecule has 1 fully saturated rings. The van der Waals surface area contributed by atoms with Crippen LogP contribution in [-0.4, -0.2) is 33.7 Å². The standard InChI is InChI=1S/C27H24FN5O4/c1-33-16-17(15-30-33)23-14-21(8-11-29-23)37-24-7-6-19(13-22(24)28)32-26(35)27(9-10-27)25(34)31-18-4-3-5-20(12-18)36-2/h3-8,11-16H,9-10H2,1-2H3,(H,31,34)(H,32,35). The van der Waals surface area contributed by atoms with E-state index in [9.17, 15) is 14.0 Å². The van der Waals surface area contributed by atoms with E-state index in [1.165, 1.54) is 19.2 Å². The van der Waals surface area contributed by atoms with Crippen LogP contribution in [0.2, 0.25) is 0 Å². The molecule has 0 bridgehead atoms. The zero-order valence-corrected chi connectivity index (χ0v) is 20.2. The first-order chi connectivity index (χ1) is 17.9. The number of nitrogens with one attached hydrogen (secondary N) is 2. The maximum Gasteiger partial charge on any atom is 0.240 e. The van der Waals surface area contributed by atoms with Crippen molar-refractivity contribution in [2.24, 2.45) is 12.5 Å². The molecular formula is C27H24FN5O4. The monoisotopic (exact) mass is 501 g/mol. The maximum atomic E-state index is 14.8. The fourth-order valence-electron chi connectivity index (χ4n) is 3.86. The number of methoxy groups -OCH3 is 1. The van der Waals surface area contributed by atoms with E-state index in [0.717, 1.165) is 11.6 Å². The molecule has 1 aliphatic rings. The van der Waals surface area contributed by atoms with Gasteiger partial charge < -0.3 is 20.1 Å². The average molecular weight is 502 g/mol. The summed E-state index contributed by atoms with van der Waals surface area (Å²) < 4.78 is 27.4. The quantitative estimate of drug-likeness (QED) is 0.337. The Labute approximate surface area is 212 Å². The van der Waals surface area contributed by atoms with Crippen LogP contribution in [0.25, 0.3) is 11.3 Å². The highest BCUT2D eigenvalue weighted by Crippen LogP contribution is 2.47. The minimum absolute atomic E-state index is 0.0155. The van der Waals surface area contributed by atoms with E-state index in [0.29, 0.717) is 35.7 Å². The van der Waals surface area contributed by atoms with Crippen molar-refractivity contribution in [3.05, 3.63) is 79.0 Å². The van der Waals surface area contributed by atoms with Crippen molar-refractivity contribution in [1.29, 1.82) is 0 Å². The Morgan fingerprint density at radius 1 is 1.00 bits per heavy atom. The molecule has 2 amide bonds. The molecule has 2 heterocycles. The van der Waals surface area contributed by atoms with E-state index in [2.05, 4.69) is 20.7 Å². The van der Waals surface area contributed by atoms with Crippen LogP contribution in [-0.2, 0) is 16.6 Å². The molecule has 2 N–H and O–H groups in total. The van der Waals surface area contributed by atoms with Crippen molar-refractivity contribution in [1.82, 2.24) is 14.8 Å². The summed E-state index contributed by atoms with van der Waals surface area (Å²) in [4.78, 5) is 30.1. The molecule has 0 spiro atoms. The van der Waals surface area contributed by atoms with E-state index in [1.807, 2.05) is 6.20 Å². The number of ether oxygens (including phenoxy) is 2. The maximum absolute atomic E-state index is 14.8. The highest BCUT2D eigenvalue weighted by Gasteiger charge is 2.56. The van der Waals surface area contributed by atoms with Gasteiger partial charge in [0.15, 0.2) is 11.6 Å². The second kappa shape index (κ2) is 9.73. The van der Waals surface area contributed by atoms with Gasteiger partial charge in [-0.2, -0.15) is 5.10 Å². The molecule has 5 rings (SSSR count). The largest absolute Gasteiger partial charge is 0.497 e. The van der Waals surface area contributed by atoms with Gasteiger partial charge in [0.2, 0.25) is 11.8 Å². The SMILES string of the molecule is COc1cccc(NC(=O)C2(C(=O)Nc3ccc(Oc4ccnc(-c5cnn(C)c5)c4)c(F)c3)CC2)c1. The molecule has 4 aromatic rings. The molecule has 188 valence electrons. The van der Waals surface area contributed by atoms with Crippen LogP contribution < -0.4 is 20.1 Å². The lowest BCUT2D eigenvalue weighted by Gasteiger charge is -2.16. The molecule has 0 aliphatic heterocycles. The van der Waals surface area contributed by atoms with Crippen LogP contribution in [0.3, 0.4) is 0 Å². The Hall–Kier alpha value is -4.73. The smallest absolute Gasteiger partial charge is 0.240 e. The zero-order valence-electron chi connectivity index (χ0n) is 20.2. The lowest BCUT2D eigenvalue weighted by molar-refractivity contribution is -0.131. The van der Waals surface area contributed by atoms with E-state index < -0.39 is 23.0 Å². The van der Waals surface area contributed by atoms with E-state index in [-0.39, 0.29) is 11.4 Å². The topological polar surface area (TPSA) is 107 Å². The van der Waals surface area contributed by atoms with Crippen molar-refractivity contribution in [3.63, 3.8) is 0 Å². The molecule has 0 unspecified atom stereocenters. The first-order valence-electron chi connectivity index (χ1n) is 11.6. The summed E-state index contributed by atoms with van der Waals surface area (Å²) in [6.45, 7) is 0. The Morgan fingerprint density at radius 2 is 1.76 bits per heavy atom. The molecule has 0 saturated heterocycles. The van der Waals surface area contributed by atoms with Gasteiger partial charge in [-0.15, -0.1) is 0 Å². The van der Waals surface area contributed by atoms with Crippen LogP contribution in [0.4, 0.5) is 15.8 Å². The summed E-state index contributed by atoms with van der Waals surface area (Å²) in [6, 6.07) is 14.3. The van der Waals surface area contributed by atoms with Gasteiger partial charge in [0.1, 0.15) is 16.9 Å². The number of hydrogen-bond donors (Lipinski definition) is 2. The average Bonchev–Trinajstić information content (AvgIpc) is 3.61. The fraction of sp³-hybridized carbons (Fsp3) is 0.185. The van der Waals surface area contributed by atoms with Crippen LogP contribution in [0.5, 0.6) is 17.2 Å². The number of anilines is 2. The molecule has 0 radical (unpaired) electrons. The van der Waals surface area contributed by atoms with Crippen molar-refractivity contribution in [2.45, 2.75) is 12.8 Å². The van der Waals surface area contributed by atoms with Gasteiger partial charge in [0.05, 0.1) is 19.0 Å². The minimum atomic E-state index is -1.20. The summed E-state index contributed by atoms with van der Waals surface area (Å²) in [5, 5.41) is 9.55. The third-order valence-electron chi connectivity index (χ3n) is 6.10. The molecule has 1 saturated carbocycles. The van der Waals surface area contributed by atoms with E-state index >= 15 is 0 Å². The molecule has 2 aromatic heterocycles. The number of carbonyl (C=O) groups excluding carboxylic acids is 2. The Kier molecular flexibility index (Phi) is 6.31. The predicted molar refractivity (Wildman–Crippen MR) is 135 cm³/mol. The number of aryl methyl sites for hydroxylation is 1. The minimum Gasteiger partial charge on any atom is -0.497 e. The summed E-state index contributed by atoms with van der Waals surface area (Å²) in [7, 11) is 3.33. The second-order valence-corrected chi connectivity index (χ2v) is 8.75. The number of halogens is 1. The van der Waals surface area contributed by atoms with Crippen molar-refractivity contribution in [2.75, 3.05) is 17.7 Å². The predicted octanol–water partition coefficient (Wildman–Crippen LogP) is 4.78. The van der Waals surface area contributed by atoms with Gasteiger partial charge in [-0.05, 0) is 43.2 Å². The van der Waals surface area contributed by atoms with Crippen molar-refractivity contribution < 1.29 is 23.5 Å². The van der Waals surface area contributed by atoms with E-state index in [4.69, 9.17) is 9.47 Å². The molecule has 37 heavy (non-hydrogen) atoms. The molecule has 1 aliphatic carbocycles. The Morgan fingerprint density at radius 3 is 2.41 bits per heavy atom. The number of aromatic nitrogens is 3. The highest BCUT2D eigenvalue weighted by molar-refractivity contribution is 6.16. The van der Waals surface area contributed by atoms with Gasteiger partial charge in [0.25, 0.3) is 0 Å². The third-order valence-corrected chi connectivity index (χ3v) is 6.10. The first-order valence-corrected chi connectivity index (χ1v) is 11.6. The normalized spacial score (nSPS) is 13.5. The number of rotatable bonds is 8. The van der Waals surface area contributed by atoms with Gasteiger partial charge in [-0.25, -0.2) is 4.39 Å². The third kappa shape index (κ3) is 5.13. The lowest BCUT2D eigenvalue weighted by Crippen LogP contribution is -2.35. The highest BCUT2D eigenvalue weighted by atomic mass is 19.1. The van der Waals surface area contributed by atoms with Crippen LogP contribution in [0, 0.1) is 11.2 Å². The van der Waals surface area contributed by atoms with Crippen LogP contribution in [0.1, 0.15) is 12.8 Å². The summed E-state index contributed by atoms with van der Waals surface area (Å²) in [6.07, 6.45) is 5.86. The number of nitrogens with zero attached hydrogens (tertiary/aromatic N) is 3. The molecular weight excluding hydrogens is 477 g/mol. The second-order valence-electron chi connectivity index (χ2n) is 8.75. The molecule has 9 nitrogen and oxygen atoms in total. The number of carbonyl (C=O) groups is 2. The molecule has 0 atom stereocenters. The Bertz CT molecular complexity index is 1480. The van der Waals surface area contributed by atoms with Crippen LogP contribution in [0.15, 0.2) is 73.2 Å². The van der Waals surface area contributed by atoms with Gasteiger partial charge in [-0.1, -0.05) is 6.07 Å². The fourth-order valence-corrected chi connectivity index (χ4v) is 3.86. The van der Waals surface area contributed by atoms with Crippen molar-refractivity contribution >= 4 is 23.2 Å². The zero-order chi connectivity index (χ0) is 26.0. The Balaban J connectivity index is 1.25.